The van der Waals surface area contributed by atoms with Gasteiger partial charge in [0.05, 0.1) is 5.69 Å². The van der Waals surface area contributed by atoms with Gasteiger partial charge in [0.1, 0.15) is 35.2 Å². The maximum absolute atomic E-state index is 14.4. The number of aromatic nitrogens is 2. The second-order valence-corrected chi connectivity index (χ2v) is 9.73. The van der Waals surface area contributed by atoms with Gasteiger partial charge in [0.2, 0.25) is 0 Å². The molecule has 0 spiro atoms. The second-order valence-electron chi connectivity index (χ2n) is 9.32. The number of hydrogen-bond donors (Lipinski definition) is 1. The largest absolute Gasteiger partial charge is 0.382 e. The molecule has 0 bridgehead atoms. The van der Waals surface area contributed by atoms with Crippen LogP contribution in [0.25, 0.3) is 0 Å². The molecule has 3 atom stereocenters. The standard InChI is InChI=1S/C28H34ClN7O/c1-7-12-22(29)23(18(3)8-2)26(37)36(20-13-10-9-11-14-20)27(32-6)28(5)19(4)16-35(28)25-21(15-30)24(31)33-17-34-25/h7,9-14,17-19H,8,16H2,1-6H3,(H2,31,33,34). The molecular weight excluding hydrogens is 486 g/mol. The van der Waals surface area contributed by atoms with E-state index in [4.69, 9.17) is 22.3 Å². The fourth-order valence-electron chi connectivity index (χ4n) is 4.72. The molecule has 2 heterocycles. The molecule has 1 aromatic carbocycles. The summed E-state index contributed by atoms with van der Waals surface area (Å²) < 4.78 is 0. The number of nitrogen functional groups attached to an aromatic ring is 1. The lowest BCUT2D eigenvalue weighted by Crippen LogP contribution is -2.73. The van der Waals surface area contributed by atoms with Crippen LogP contribution in [0.2, 0.25) is 0 Å². The number of nitriles is 1. The Morgan fingerprint density at radius 2 is 2.08 bits per heavy atom. The van der Waals surface area contributed by atoms with Gasteiger partial charge in [0, 0.05) is 30.1 Å². The van der Waals surface area contributed by atoms with Gasteiger partial charge < -0.3 is 10.6 Å². The van der Waals surface area contributed by atoms with Gasteiger partial charge in [0.25, 0.3) is 5.91 Å². The summed E-state index contributed by atoms with van der Waals surface area (Å²) in [5, 5.41) is 10.2. The zero-order valence-electron chi connectivity index (χ0n) is 22.2. The van der Waals surface area contributed by atoms with E-state index in [0.717, 1.165) is 6.42 Å². The molecule has 1 aliphatic heterocycles. The first-order valence-electron chi connectivity index (χ1n) is 12.3. The highest BCUT2D eigenvalue weighted by atomic mass is 35.5. The predicted molar refractivity (Wildman–Crippen MR) is 151 cm³/mol. The Hall–Kier alpha value is -3.70. The molecule has 194 valence electrons. The third-order valence-electron chi connectivity index (χ3n) is 7.20. The Labute approximate surface area is 224 Å². The summed E-state index contributed by atoms with van der Waals surface area (Å²) in [5.74, 6) is 0.800. The topological polar surface area (TPSA) is 112 Å². The maximum atomic E-state index is 14.4. The van der Waals surface area contributed by atoms with Crippen molar-refractivity contribution in [3.63, 3.8) is 0 Å². The van der Waals surface area contributed by atoms with E-state index in [9.17, 15) is 10.1 Å². The van der Waals surface area contributed by atoms with E-state index in [-0.39, 0.29) is 29.1 Å². The van der Waals surface area contributed by atoms with Crippen molar-refractivity contribution in [3.05, 3.63) is 65.0 Å². The number of amides is 1. The molecule has 1 amide bonds. The second kappa shape index (κ2) is 11.6. The van der Waals surface area contributed by atoms with Crippen LogP contribution in [0.5, 0.6) is 0 Å². The normalized spacial score (nSPS) is 21.2. The van der Waals surface area contributed by atoms with E-state index in [1.807, 2.05) is 69.0 Å². The molecule has 0 aliphatic carbocycles. The molecule has 1 aliphatic rings. The number of amidine groups is 1. The van der Waals surface area contributed by atoms with E-state index < -0.39 is 5.54 Å². The van der Waals surface area contributed by atoms with Crippen LogP contribution in [-0.4, -0.2) is 40.8 Å². The minimum absolute atomic E-state index is 0.0787. The zero-order chi connectivity index (χ0) is 27.3. The van der Waals surface area contributed by atoms with Crippen LogP contribution in [0.3, 0.4) is 0 Å². The Morgan fingerprint density at radius 1 is 1.41 bits per heavy atom. The summed E-state index contributed by atoms with van der Waals surface area (Å²) in [5.41, 5.74) is 6.61. The van der Waals surface area contributed by atoms with E-state index in [2.05, 4.69) is 23.0 Å². The summed E-state index contributed by atoms with van der Waals surface area (Å²) in [7, 11) is 1.67. The molecule has 2 N–H and O–H groups in total. The highest BCUT2D eigenvalue weighted by molar-refractivity contribution is 6.36. The highest BCUT2D eigenvalue weighted by Crippen LogP contribution is 2.44. The van der Waals surface area contributed by atoms with E-state index in [0.29, 0.717) is 34.5 Å². The average Bonchev–Trinajstić information content (AvgIpc) is 2.90. The Kier molecular flexibility index (Phi) is 8.72. The van der Waals surface area contributed by atoms with Gasteiger partial charge in [-0.25, -0.2) is 9.97 Å². The molecule has 37 heavy (non-hydrogen) atoms. The van der Waals surface area contributed by atoms with Crippen molar-refractivity contribution in [2.75, 3.05) is 29.1 Å². The lowest BCUT2D eigenvalue weighted by atomic mass is 9.74. The quantitative estimate of drug-likeness (QED) is 0.229. The summed E-state index contributed by atoms with van der Waals surface area (Å²) in [6.07, 6.45) is 5.65. The van der Waals surface area contributed by atoms with Crippen molar-refractivity contribution in [1.29, 1.82) is 5.26 Å². The summed E-state index contributed by atoms with van der Waals surface area (Å²) in [4.78, 5) is 31.1. The number of carbonyl (C=O) groups excluding carboxylic acids is 1. The number of aliphatic imine (C=N–C) groups is 1. The number of allylic oxidation sites excluding steroid dienone is 3. The summed E-state index contributed by atoms with van der Waals surface area (Å²) in [6.45, 7) is 10.6. The zero-order valence-corrected chi connectivity index (χ0v) is 23.0. The minimum atomic E-state index is -0.778. The minimum Gasteiger partial charge on any atom is -0.382 e. The molecule has 3 unspecified atom stereocenters. The first-order chi connectivity index (χ1) is 17.7. The molecule has 3 rings (SSSR count). The van der Waals surface area contributed by atoms with Crippen LogP contribution in [0, 0.1) is 23.2 Å². The van der Waals surface area contributed by atoms with E-state index >= 15 is 0 Å². The number of rotatable bonds is 7. The Bertz CT molecular complexity index is 1280. The number of carbonyl (C=O) groups is 1. The number of halogens is 1. The maximum Gasteiger partial charge on any atom is 0.261 e. The van der Waals surface area contributed by atoms with Gasteiger partial charge in [-0.05, 0) is 44.4 Å². The number of nitrogens with two attached hydrogens (primary N) is 1. The van der Waals surface area contributed by atoms with Crippen LogP contribution in [-0.2, 0) is 4.79 Å². The molecule has 9 heteroatoms. The van der Waals surface area contributed by atoms with Crippen LogP contribution in [0.1, 0.15) is 46.6 Å². The Morgan fingerprint density at radius 3 is 2.62 bits per heavy atom. The number of benzene rings is 1. The smallest absolute Gasteiger partial charge is 0.261 e. The van der Waals surface area contributed by atoms with Gasteiger partial charge >= 0.3 is 0 Å². The van der Waals surface area contributed by atoms with E-state index in [1.54, 1.807) is 18.0 Å². The third-order valence-corrected chi connectivity index (χ3v) is 7.53. The van der Waals surface area contributed by atoms with Gasteiger partial charge in [-0.15, -0.1) is 0 Å². The Balaban J connectivity index is 2.24. The first-order valence-corrected chi connectivity index (χ1v) is 12.7. The first kappa shape index (κ1) is 27.9. The number of nitrogens with zero attached hydrogens (tertiary/aromatic N) is 6. The SMILES string of the molecule is CC=CC(Cl)=C(C(=O)N(C(=NC)C1(C)C(C)CN1c1ncnc(N)c1C#N)c1ccccc1)C(C)CC. The molecule has 1 fully saturated rings. The van der Waals surface area contributed by atoms with Crippen molar-refractivity contribution >= 4 is 40.7 Å². The number of hydrogen-bond acceptors (Lipinski definition) is 7. The summed E-state index contributed by atoms with van der Waals surface area (Å²) >= 11 is 6.70. The van der Waals surface area contributed by atoms with Crippen LogP contribution in [0.15, 0.2) is 64.4 Å². The molecule has 0 radical (unpaired) electrons. The predicted octanol–water partition coefficient (Wildman–Crippen LogP) is 5.32. The van der Waals surface area contributed by atoms with Crippen molar-refractivity contribution in [2.45, 2.75) is 46.6 Å². The van der Waals surface area contributed by atoms with Crippen molar-refractivity contribution in [2.24, 2.45) is 16.8 Å². The fraction of sp³-hybridized carbons (Fsp3) is 0.393. The molecule has 0 saturated carbocycles. The number of anilines is 3. The molecule has 1 aromatic heterocycles. The van der Waals surface area contributed by atoms with Crippen LogP contribution >= 0.6 is 11.6 Å². The van der Waals surface area contributed by atoms with Crippen LogP contribution < -0.4 is 15.5 Å². The summed E-state index contributed by atoms with van der Waals surface area (Å²) in [6, 6.07) is 11.5. The molecule has 2 aromatic rings. The van der Waals surface area contributed by atoms with Crippen molar-refractivity contribution < 1.29 is 4.79 Å². The number of para-hydroxylation sites is 1. The van der Waals surface area contributed by atoms with Gasteiger partial charge in [-0.3, -0.25) is 14.7 Å². The van der Waals surface area contributed by atoms with E-state index in [1.165, 1.54) is 6.33 Å². The molecule has 8 nitrogen and oxygen atoms in total. The van der Waals surface area contributed by atoms with Crippen LogP contribution in [0.4, 0.5) is 17.3 Å². The lowest BCUT2D eigenvalue weighted by molar-refractivity contribution is -0.114. The molecular formula is C28H34ClN7O. The van der Waals surface area contributed by atoms with Crippen molar-refractivity contribution in [1.82, 2.24) is 9.97 Å². The van der Waals surface area contributed by atoms with Crippen molar-refractivity contribution in [3.8, 4) is 6.07 Å². The monoisotopic (exact) mass is 519 g/mol. The van der Waals surface area contributed by atoms with Gasteiger partial charge in [-0.2, -0.15) is 5.26 Å². The van der Waals surface area contributed by atoms with Gasteiger partial charge in [-0.1, -0.05) is 56.6 Å². The van der Waals surface area contributed by atoms with Gasteiger partial charge in [0.15, 0.2) is 5.82 Å². The third kappa shape index (κ3) is 4.96. The lowest BCUT2D eigenvalue weighted by Gasteiger charge is -2.58. The molecule has 1 saturated heterocycles. The average molecular weight is 520 g/mol. The highest BCUT2D eigenvalue weighted by Gasteiger charge is 2.55. The fourth-order valence-corrected chi connectivity index (χ4v) is 5.11.